The van der Waals surface area contributed by atoms with Crippen molar-refractivity contribution in [2.24, 2.45) is 0 Å². The molecule has 9 heteroatoms. The molecule has 9 nitrogen and oxygen atoms in total. The van der Waals surface area contributed by atoms with Crippen molar-refractivity contribution in [3.63, 3.8) is 0 Å². The van der Waals surface area contributed by atoms with E-state index in [2.05, 4.69) is 0 Å². The third-order valence-electron chi connectivity index (χ3n) is 4.77. The zero-order valence-corrected chi connectivity index (χ0v) is 12.2. The largest absolute Gasteiger partial charge is 0.395 e. The monoisotopic (exact) mass is 321 g/mol. The van der Waals surface area contributed by atoms with E-state index in [4.69, 9.17) is 5.11 Å². The maximum Gasteiger partial charge on any atom is 0.303 e. The third kappa shape index (κ3) is 1.97. The minimum atomic E-state index is -2.05. The number of aliphatic hydroxyl groups is 1. The maximum atomic E-state index is 12.8. The zero-order chi connectivity index (χ0) is 16.8. The number of hydrogen-bond donors (Lipinski definition) is 1. The van der Waals surface area contributed by atoms with Crippen LogP contribution in [0.2, 0.25) is 0 Å². The molecule has 2 atom stereocenters. The molecule has 0 spiro atoms. The number of hydrogen-bond acceptors (Lipinski definition) is 7. The van der Waals surface area contributed by atoms with E-state index in [-0.39, 0.29) is 37.4 Å². The molecule has 1 aliphatic carbocycles. The van der Waals surface area contributed by atoms with Crippen LogP contribution >= 0.6 is 0 Å². The Hall–Kier alpha value is -2.39. The fourth-order valence-electron chi connectivity index (χ4n) is 3.79. The molecule has 0 saturated carbocycles. The lowest BCUT2D eigenvalue weighted by molar-refractivity contribution is -0.623. The van der Waals surface area contributed by atoms with Crippen molar-refractivity contribution in [2.75, 3.05) is 26.2 Å². The molecule has 2 unspecified atom stereocenters. The number of carbonyl (C=O) groups is 1. The number of fused-ring (bicyclic) bond motifs is 4. The van der Waals surface area contributed by atoms with Crippen molar-refractivity contribution < 1.29 is 19.7 Å². The molecule has 1 aliphatic heterocycles. The van der Waals surface area contributed by atoms with Gasteiger partial charge in [0.1, 0.15) is 6.42 Å². The number of carbonyl (C=O) groups excluding carboxylic acids is 1. The molecule has 23 heavy (non-hydrogen) atoms. The zero-order valence-electron chi connectivity index (χ0n) is 12.2. The highest BCUT2D eigenvalue weighted by Gasteiger charge is 2.70. The number of ketones is 1. The fourth-order valence-corrected chi connectivity index (χ4v) is 3.79. The molecule has 3 rings (SSSR count). The van der Waals surface area contributed by atoms with Gasteiger partial charge >= 0.3 is 5.54 Å². The summed E-state index contributed by atoms with van der Waals surface area (Å²) in [6.45, 7) is -0.554. The van der Waals surface area contributed by atoms with Gasteiger partial charge in [-0.3, -0.25) is 29.9 Å². The number of β-amino-alcohol motifs (C(OH)–C–C–N with tert-alkyl or cyclic N) is 1. The molecule has 1 saturated heterocycles. The summed E-state index contributed by atoms with van der Waals surface area (Å²) in [5.41, 5.74) is -3.49. The van der Waals surface area contributed by atoms with Crippen LogP contribution in [0.25, 0.3) is 0 Å². The summed E-state index contributed by atoms with van der Waals surface area (Å²) in [7, 11) is 0. The van der Waals surface area contributed by atoms with Crippen molar-refractivity contribution in [1.82, 2.24) is 4.90 Å². The Bertz CT molecular complexity index is 708. The lowest BCUT2D eigenvalue weighted by Gasteiger charge is -2.45. The number of benzene rings is 1. The van der Waals surface area contributed by atoms with Gasteiger partial charge in [0.25, 0.3) is 5.54 Å². The molecule has 122 valence electrons. The van der Waals surface area contributed by atoms with Gasteiger partial charge in [0.05, 0.1) is 19.7 Å². The average molecular weight is 321 g/mol. The Morgan fingerprint density at radius 3 is 2.35 bits per heavy atom. The molecule has 2 aliphatic rings. The van der Waals surface area contributed by atoms with Gasteiger partial charge in [0.15, 0.2) is 0 Å². The first kappa shape index (κ1) is 15.5. The molecule has 0 amide bonds. The fraction of sp³-hybridized carbons (Fsp3) is 0.500. The van der Waals surface area contributed by atoms with Gasteiger partial charge in [-0.1, -0.05) is 24.3 Å². The third-order valence-corrected chi connectivity index (χ3v) is 4.77. The highest BCUT2D eigenvalue weighted by atomic mass is 16.6. The first-order valence-electron chi connectivity index (χ1n) is 7.14. The first-order valence-corrected chi connectivity index (χ1v) is 7.14. The second-order valence-electron chi connectivity index (χ2n) is 6.06. The number of aliphatic hydroxyl groups excluding tert-OH is 1. The molecule has 2 bridgehead atoms. The van der Waals surface area contributed by atoms with Crippen molar-refractivity contribution in [3.8, 4) is 0 Å². The Morgan fingerprint density at radius 2 is 1.74 bits per heavy atom. The van der Waals surface area contributed by atoms with Crippen LogP contribution in [0, 0.1) is 20.2 Å². The Labute approximate surface area is 130 Å². The van der Waals surface area contributed by atoms with Gasteiger partial charge in [-0.05, 0) is 0 Å². The van der Waals surface area contributed by atoms with Gasteiger partial charge in [-0.25, -0.2) is 0 Å². The van der Waals surface area contributed by atoms with E-state index in [0.29, 0.717) is 0 Å². The van der Waals surface area contributed by atoms with Gasteiger partial charge in [-0.2, -0.15) is 0 Å². The van der Waals surface area contributed by atoms with E-state index in [0.717, 1.165) is 0 Å². The SMILES string of the molecule is O=C1c2ccccc2C2([N+](=O)[O-])CN(CCO)CC1([N+](=O)[O-])C2. The molecule has 1 aromatic rings. The van der Waals surface area contributed by atoms with Gasteiger partial charge < -0.3 is 5.11 Å². The quantitative estimate of drug-likeness (QED) is 0.614. The van der Waals surface area contributed by atoms with E-state index in [1.54, 1.807) is 12.1 Å². The van der Waals surface area contributed by atoms with Crippen molar-refractivity contribution >= 4 is 5.78 Å². The van der Waals surface area contributed by atoms with Gasteiger partial charge in [0.2, 0.25) is 5.78 Å². The number of nitrogens with zero attached hydrogens (tertiary/aromatic N) is 3. The van der Waals surface area contributed by atoms with E-state index in [1.807, 2.05) is 0 Å². The van der Waals surface area contributed by atoms with E-state index >= 15 is 0 Å². The number of Topliss-reactive ketones (excluding diaryl/α,β-unsaturated/α-hetero) is 1. The van der Waals surface area contributed by atoms with E-state index in [9.17, 15) is 25.0 Å². The summed E-state index contributed by atoms with van der Waals surface area (Å²) >= 11 is 0. The average Bonchev–Trinajstić information content (AvgIpc) is 2.52. The minimum Gasteiger partial charge on any atom is -0.395 e. The molecule has 1 fully saturated rings. The van der Waals surface area contributed by atoms with Crippen LogP contribution in [0.15, 0.2) is 24.3 Å². The molecule has 1 heterocycles. The standard InChI is InChI=1S/C14H15N3O6/c18-6-5-15-8-13(16(20)21)7-14(9-15,17(22)23)12(19)10-3-1-2-4-11(10)13/h1-4,18H,5-9H2. The second kappa shape index (κ2) is 5.07. The number of piperidine rings is 1. The van der Waals surface area contributed by atoms with Gasteiger partial charge in [-0.15, -0.1) is 0 Å². The van der Waals surface area contributed by atoms with E-state index in [1.165, 1.54) is 17.0 Å². The number of rotatable bonds is 4. The summed E-state index contributed by atoms with van der Waals surface area (Å²) in [5.74, 6) is -0.696. The van der Waals surface area contributed by atoms with Crippen LogP contribution in [-0.4, -0.2) is 57.4 Å². The van der Waals surface area contributed by atoms with Crippen molar-refractivity contribution in [3.05, 3.63) is 55.6 Å². The Balaban J connectivity index is 2.27. The summed E-state index contributed by atoms with van der Waals surface area (Å²) in [6, 6.07) is 6.03. The first-order chi connectivity index (χ1) is 10.9. The molecule has 1 N–H and O–H groups in total. The van der Waals surface area contributed by atoms with Crippen molar-refractivity contribution in [2.45, 2.75) is 17.5 Å². The molecule has 0 aromatic heterocycles. The second-order valence-corrected chi connectivity index (χ2v) is 6.06. The minimum absolute atomic E-state index is 0.0423. The summed E-state index contributed by atoms with van der Waals surface area (Å²) in [5, 5.41) is 32.7. The maximum absolute atomic E-state index is 12.8. The highest BCUT2D eigenvalue weighted by Crippen LogP contribution is 2.47. The van der Waals surface area contributed by atoms with Crippen LogP contribution in [0.4, 0.5) is 0 Å². The molecule has 0 radical (unpaired) electrons. The Kier molecular flexibility index (Phi) is 3.42. The van der Waals surface area contributed by atoms with Crippen LogP contribution < -0.4 is 0 Å². The molecular weight excluding hydrogens is 306 g/mol. The lowest BCUT2D eigenvalue weighted by Crippen LogP contribution is -2.69. The smallest absolute Gasteiger partial charge is 0.303 e. The number of nitro groups is 2. The summed E-state index contributed by atoms with van der Waals surface area (Å²) in [6.07, 6.45) is -0.461. The van der Waals surface area contributed by atoms with Crippen LogP contribution in [0.1, 0.15) is 22.3 Å². The summed E-state index contributed by atoms with van der Waals surface area (Å²) in [4.78, 5) is 36.5. The predicted molar refractivity (Wildman–Crippen MR) is 77.3 cm³/mol. The van der Waals surface area contributed by atoms with Crippen LogP contribution in [0.5, 0.6) is 0 Å². The highest BCUT2D eigenvalue weighted by molar-refractivity contribution is 6.05. The molecule has 1 aromatic carbocycles. The van der Waals surface area contributed by atoms with Gasteiger partial charge in [0, 0.05) is 27.5 Å². The summed E-state index contributed by atoms with van der Waals surface area (Å²) < 4.78 is 0. The topological polar surface area (TPSA) is 127 Å². The van der Waals surface area contributed by atoms with Crippen LogP contribution in [0.3, 0.4) is 0 Å². The normalized spacial score (nSPS) is 29.9. The lowest BCUT2D eigenvalue weighted by atomic mass is 9.64. The Morgan fingerprint density at radius 1 is 1.13 bits per heavy atom. The van der Waals surface area contributed by atoms with Crippen LogP contribution in [-0.2, 0) is 5.54 Å². The van der Waals surface area contributed by atoms with E-state index < -0.39 is 33.1 Å². The number of likely N-dealkylation sites (tertiary alicyclic amines) is 1. The van der Waals surface area contributed by atoms with Crippen molar-refractivity contribution in [1.29, 1.82) is 0 Å². The molecular formula is C14H15N3O6. The predicted octanol–water partition coefficient (Wildman–Crippen LogP) is 0.0684.